The van der Waals surface area contributed by atoms with Gasteiger partial charge in [0.2, 0.25) is 0 Å². The number of furan rings is 1. The molecule has 0 fully saturated rings. The summed E-state index contributed by atoms with van der Waals surface area (Å²) in [5, 5.41) is 13.5. The molecule has 2 aromatic rings. The molecule has 0 aliphatic carbocycles. The van der Waals surface area contributed by atoms with Crippen LogP contribution in [0.15, 0.2) is 34.1 Å². The van der Waals surface area contributed by atoms with E-state index in [-0.39, 0.29) is 6.42 Å². The van der Waals surface area contributed by atoms with Crippen molar-refractivity contribution < 1.29 is 23.8 Å². The molecule has 0 spiro atoms. The maximum atomic E-state index is 11.7. The molecular weight excluding hydrogens is 318 g/mol. The van der Waals surface area contributed by atoms with Crippen LogP contribution in [0, 0.1) is 0 Å². The number of nitrogens with one attached hydrogen (secondary N) is 1. The van der Waals surface area contributed by atoms with Crippen molar-refractivity contribution in [3.63, 3.8) is 0 Å². The summed E-state index contributed by atoms with van der Waals surface area (Å²) in [4.78, 5) is 24.0. The van der Waals surface area contributed by atoms with Crippen molar-refractivity contribution in [3.8, 4) is 10.6 Å². The molecule has 0 bridgehead atoms. The topological polar surface area (TPSA) is 88.8 Å². The Hall–Kier alpha value is -2.28. The van der Waals surface area contributed by atoms with Gasteiger partial charge in [-0.05, 0) is 44.4 Å². The summed E-state index contributed by atoms with van der Waals surface area (Å²) in [6.07, 6.45) is -0.727. The zero-order valence-corrected chi connectivity index (χ0v) is 14.0. The van der Waals surface area contributed by atoms with Gasteiger partial charge >= 0.3 is 12.1 Å². The average Bonchev–Trinajstić information content (AvgIpc) is 3.05. The largest absolute Gasteiger partial charge is 0.480 e. The molecule has 23 heavy (non-hydrogen) atoms. The predicted molar refractivity (Wildman–Crippen MR) is 86.5 cm³/mol. The standard InChI is InChI=1S/C16H19NO5S/c1-16(2,3)22-15(20)17-11(14(18)19)9-10-6-7-12(21-10)13-5-4-8-23-13/h4-8,11H,9H2,1-3H3,(H,17,20)(H,18,19). The SMILES string of the molecule is CC(C)(C)OC(=O)NC(Cc1ccc(-c2cccs2)o1)C(=O)O. The van der Waals surface area contributed by atoms with E-state index in [4.69, 9.17) is 9.15 Å². The molecule has 7 heteroatoms. The molecule has 0 aromatic carbocycles. The summed E-state index contributed by atoms with van der Waals surface area (Å²) in [6.45, 7) is 5.13. The number of hydrogen-bond acceptors (Lipinski definition) is 5. The minimum atomic E-state index is -1.15. The van der Waals surface area contributed by atoms with Crippen LogP contribution in [0.1, 0.15) is 26.5 Å². The highest BCUT2D eigenvalue weighted by molar-refractivity contribution is 7.13. The highest BCUT2D eigenvalue weighted by Crippen LogP contribution is 2.27. The number of carbonyl (C=O) groups excluding carboxylic acids is 1. The fourth-order valence-corrected chi connectivity index (χ4v) is 2.58. The number of ether oxygens (including phenoxy) is 1. The molecular formula is C16H19NO5S. The smallest absolute Gasteiger partial charge is 0.408 e. The maximum absolute atomic E-state index is 11.7. The van der Waals surface area contributed by atoms with Gasteiger partial charge < -0.3 is 19.6 Å². The molecule has 0 aliphatic heterocycles. The molecule has 124 valence electrons. The van der Waals surface area contributed by atoms with Crippen LogP contribution in [0.4, 0.5) is 4.79 Å². The van der Waals surface area contributed by atoms with Crippen molar-refractivity contribution in [2.45, 2.75) is 38.8 Å². The number of carboxylic acids is 1. The van der Waals surface area contributed by atoms with E-state index in [0.717, 1.165) is 4.88 Å². The fourth-order valence-electron chi connectivity index (χ4n) is 1.89. The summed E-state index contributed by atoms with van der Waals surface area (Å²) >= 11 is 1.53. The second kappa shape index (κ2) is 6.87. The number of hydrogen-bond donors (Lipinski definition) is 2. The Morgan fingerprint density at radius 1 is 1.35 bits per heavy atom. The lowest BCUT2D eigenvalue weighted by atomic mass is 10.1. The van der Waals surface area contributed by atoms with Crippen molar-refractivity contribution in [2.24, 2.45) is 0 Å². The van der Waals surface area contributed by atoms with Crippen molar-refractivity contribution in [1.82, 2.24) is 5.32 Å². The third kappa shape index (κ3) is 5.14. The Labute approximate surface area is 138 Å². The van der Waals surface area contributed by atoms with Crippen LogP contribution in [-0.4, -0.2) is 28.8 Å². The van der Waals surface area contributed by atoms with Gasteiger partial charge in [0.1, 0.15) is 23.2 Å². The Morgan fingerprint density at radius 2 is 2.09 bits per heavy atom. The van der Waals surface area contributed by atoms with Crippen molar-refractivity contribution in [2.75, 3.05) is 0 Å². The van der Waals surface area contributed by atoms with Crippen LogP contribution in [0.25, 0.3) is 10.6 Å². The van der Waals surface area contributed by atoms with Crippen molar-refractivity contribution in [1.29, 1.82) is 0 Å². The van der Waals surface area contributed by atoms with E-state index in [1.165, 1.54) is 11.3 Å². The van der Waals surface area contributed by atoms with Crippen molar-refractivity contribution >= 4 is 23.4 Å². The van der Waals surface area contributed by atoms with E-state index >= 15 is 0 Å². The van der Waals surface area contributed by atoms with Gasteiger partial charge in [0.15, 0.2) is 0 Å². The Morgan fingerprint density at radius 3 is 2.65 bits per heavy atom. The Kier molecular flexibility index (Phi) is 5.10. The van der Waals surface area contributed by atoms with Crippen LogP contribution >= 0.6 is 11.3 Å². The first-order chi connectivity index (χ1) is 10.7. The number of alkyl carbamates (subject to hydrolysis) is 1. The van der Waals surface area contributed by atoms with Crippen LogP contribution in [-0.2, 0) is 16.0 Å². The maximum Gasteiger partial charge on any atom is 0.408 e. The molecule has 2 rings (SSSR count). The van der Waals surface area contributed by atoms with E-state index in [9.17, 15) is 14.7 Å². The number of amides is 1. The van der Waals surface area contributed by atoms with Gasteiger partial charge in [0.05, 0.1) is 4.88 Å². The molecule has 0 saturated heterocycles. The van der Waals surface area contributed by atoms with E-state index in [1.54, 1.807) is 32.9 Å². The average molecular weight is 337 g/mol. The van der Waals surface area contributed by atoms with Crippen molar-refractivity contribution in [3.05, 3.63) is 35.4 Å². The van der Waals surface area contributed by atoms with Gasteiger partial charge in [-0.3, -0.25) is 0 Å². The summed E-state index contributed by atoms with van der Waals surface area (Å²) in [7, 11) is 0. The molecule has 1 atom stereocenters. The second-order valence-electron chi connectivity index (χ2n) is 5.98. The van der Waals surface area contributed by atoms with Gasteiger partial charge in [0.25, 0.3) is 0 Å². The highest BCUT2D eigenvalue weighted by atomic mass is 32.1. The summed E-state index contributed by atoms with van der Waals surface area (Å²) in [5.74, 6) is 0.0122. The van der Waals surface area contributed by atoms with Gasteiger partial charge in [0, 0.05) is 6.42 Å². The number of aliphatic carboxylic acids is 1. The summed E-state index contributed by atoms with van der Waals surface area (Å²) in [5.41, 5.74) is -0.690. The van der Waals surface area contributed by atoms with E-state index < -0.39 is 23.7 Å². The Bertz CT molecular complexity index is 669. The first-order valence-corrected chi connectivity index (χ1v) is 7.97. The normalized spacial score (nSPS) is 12.7. The van der Waals surface area contributed by atoms with E-state index in [0.29, 0.717) is 11.5 Å². The fraction of sp³-hybridized carbons (Fsp3) is 0.375. The van der Waals surface area contributed by atoms with Gasteiger partial charge in [-0.15, -0.1) is 11.3 Å². The number of carboxylic acid groups (broad SMARTS) is 1. The minimum absolute atomic E-state index is 0.0416. The van der Waals surface area contributed by atoms with Crippen LogP contribution in [0.2, 0.25) is 0 Å². The molecule has 0 aliphatic rings. The molecule has 1 amide bonds. The zero-order chi connectivity index (χ0) is 17.0. The molecule has 2 N–H and O–H groups in total. The van der Waals surface area contributed by atoms with Gasteiger partial charge in [-0.2, -0.15) is 0 Å². The first kappa shape index (κ1) is 17.1. The van der Waals surface area contributed by atoms with Crippen LogP contribution in [0.5, 0.6) is 0 Å². The predicted octanol–water partition coefficient (Wildman–Crippen LogP) is 3.53. The Balaban J connectivity index is 2.02. The lowest BCUT2D eigenvalue weighted by molar-refractivity contribution is -0.139. The quantitative estimate of drug-likeness (QED) is 0.871. The molecule has 2 heterocycles. The highest BCUT2D eigenvalue weighted by Gasteiger charge is 2.25. The van der Waals surface area contributed by atoms with Gasteiger partial charge in [-0.25, -0.2) is 9.59 Å². The molecule has 1 unspecified atom stereocenters. The van der Waals surface area contributed by atoms with Crippen LogP contribution < -0.4 is 5.32 Å². The first-order valence-electron chi connectivity index (χ1n) is 7.09. The lowest BCUT2D eigenvalue weighted by Crippen LogP contribution is -2.44. The molecule has 0 radical (unpaired) electrons. The number of carbonyl (C=O) groups is 2. The van der Waals surface area contributed by atoms with E-state index in [1.807, 2.05) is 17.5 Å². The second-order valence-corrected chi connectivity index (χ2v) is 6.93. The van der Waals surface area contributed by atoms with E-state index in [2.05, 4.69) is 5.32 Å². The van der Waals surface area contributed by atoms with Gasteiger partial charge in [-0.1, -0.05) is 6.07 Å². The zero-order valence-electron chi connectivity index (χ0n) is 13.2. The third-order valence-corrected chi connectivity index (χ3v) is 3.70. The summed E-state index contributed by atoms with van der Waals surface area (Å²) < 4.78 is 10.7. The molecule has 2 aromatic heterocycles. The number of thiophene rings is 1. The third-order valence-electron chi connectivity index (χ3n) is 2.82. The number of rotatable bonds is 5. The molecule has 0 saturated carbocycles. The lowest BCUT2D eigenvalue weighted by Gasteiger charge is -2.21. The summed E-state index contributed by atoms with van der Waals surface area (Å²) in [6, 6.07) is 6.20. The van der Waals surface area contributed by atoms with Crippen LogP contribution in [0.3, 0.4) is 0 Å². The molecule has 6 nitrogen and oxygen atoms in total. The monoisotopic (exact) mass is 337 g/mol. The minimum Gasteiger partial charge on any atom is -0.480 e.